The normalized spacial score (nSPS) is 21.9. The lowest BCUT2D eigenvalue weighted by molar-refractivity contribution is 0.448. The Morgan fingerprint density at radius 1 is 1.50 bits per heavy atom. The van der Waals surface area contributed by atoms with Gasteiger partial charge in [0.25, 0.3) is 0 Å². The smallest absolute Gasteiger partial charge is 0.109 e. The lowest BCUT2D eigenvalue weighted by Gasteiger charge is -2.21. The molecular weight excluding hydrogens is 198 g/mol. The molecule has 0 aromatic carbocycles. The zero-order valence-electron chi connectivity index (χ0n) is 10.3. The molecule has 1 saturated carbocycles. The summed E-state index contributed by atoms with van der Waals surface area (Å²) in [7, 11) is 0. The second kappa shape index (κ2) is 3.88. The number of hydrogen-bond acceptors (Lipinski definition) is 2. The van der Waals surface area contributed by atoms with E-state index in [-0.39, 0.29) is 0 Å². The second-order valence-electron chi connectivity index (χ2n) is 5.15. The fourth-order valence-electron chi connectivity index (χ4n) is 2.91. The van der Waals surface area contributed by atoms with Crippen LogP contribution in [0, 0.1) is 5.92 Å². The molecule has 3 heteroatoms. The third-order valence-electron chi connectivity index (χ3n) is 4.02. The van der Waals surface area contributed by atoms with E-state index in [9.17, 15) is 0 Å². The molecule has 3 rings (SSSR count). The zero-order chi connectivity index (χ0) is 11.1. The highest BCUT2D eigenvalue weighted by Gasteiger charge is 2.32. The number of imidazole rings is 1. The van der Waals surface area contributed by atoms with E-state index < -0.39 is 0 Å². The van der Waals surface area contributed by atoms with Crippen LogP contribution in [-0.2, 0) is 19.4 Å². The van der Waals surface area contributed by atoms with Gasteiger partial charge in [-0.2, -0.15) is 0 Å². The van der Waals surface area contributed by atoms with Crippen molar-refractivity contribution in [2.75, 3.05) is 6.54 Å². The molecule has 1 fully saturated rings. The van der Waals surface area contributed by atoms with Crippen LogP contribution in [-0.4, -0.2) is 16.1 Å². The third kappa shape index (κ3) is 1.58. The zero-order valence-corrected chi connectivity index (χ0v) is 10.3. The van der Waals surface area contributed by atoms with E-state index in [4.69, 9.17) is 4.98 Å². The Labute approximate surface area is 97.3 Å². The van der Waals surface area contributed by atoms with E-state index in [1.54, 1.807) is 0 Å². The number of nitrogens with zero attached hydrogens (tertiary/aromatic N) is 2. The maximum absolute atomic E-state index is 4.80. The predicted molar refractivity (Wildman–Crippen MR) is 64.5 cm³/mol. The highest BCUT2D eigenvalue weighted by Crippen LogP contribution is 2.41. The fourth-order valence-corrected chi connectivity index (χ4v) is 2.91. The Morgan fingerprint density at radius 3 is 3.00 bits per heavy atom. The Morgan fingerprint density at radius 2 is 2.31 bits per heavy atom. The molecule has 1 unspecified atom stereocenters. The van der Waals surface area contributed by atoms with Crippen LogP contribution in [0.15, 0.2) is 0 Å². The van der Waals surface area contributed by atoms with E-state index in [0.717, 1.165) is 31.8 Å². The number of fused-ring (bicyclic) bond motifs is 1. The number of aromatic nitrogens is 2. The van der Waals surface area contributed by atoms with Crippen LogP contribution in [0.3, 0.4) is 0 Å². The van der Waals surface area contributed by atoms with Crippen molar-refractivity contribution in [1.82, 2.24) is 14.9 Å². The van der Waals surface area contributed by atoms with Crippen LogP contribution < -0.4 is 5.32 Å². The van der Waals surface area contributed by atoms with E-state index in [2.05, 4.69) is 23.7 Å². The molecule has 0 spiro atoms. The fraction of sp³-hybridized carbons (Fsp3) is 0.769. The van der Waals surface area contributed by atoms with Crippen LogP contribution in [0.1, 0.15) is 49.9 Å². The van der Waals surface area contributed by atoms with Crippen molar-refractivity contribution in [2.24, 2.45) is 5.92 Å². The lowest BCUT2D eigenvalue weighted by Crippen LogP contribution is -2.26. The first kappa shape index (κ1) is 10.3. The highest BCUT2D eigenvalue weighted by molar-refractivity contribution is 5.21. The SMILES string of the molecule is CCc1nc2c(n1C(C)C1CC1)CCNC2. The van der Waals surface area contributed by atoms with Gasteiger partial charge in [-0.3, -0.25) is 0 Å². The first-order valence-corrected chi connectivity index (χ1v) is 6.60. The summed E-state index contributed by atoms with van der Waals surface area (Å²) in [4.78, 5) is 4.80. The molecule has 1 aliphatic carbocycles. The molecule has 0 radical (unpaired) electrons. The van der Waals surface area contributed by atoms with Crippen molar-refractivity contribution < 1.29 is 0 Å². The van der Waals surface area contributed by atoms with Gasteiger partial charge in [0.05, 0.1) is 5.69 Å². The van der Waals surface area contributed by atoms with Crippen molar-refractivity contribution >= 4 is 0 Å². The quantitative estimate of drug-likeness (QED) is 0.843. The summed E-state index contributed by atoms with van der Waals surface area (Å²) in [5.74, 6) is 2.21. The summed E-state index contributed by atoms with van der Waals surface area (Å²) < 4.78 is 2.55. The minimum absolute atomic E-state index is 0.671. The van der Waals surface area contributed by atoms with Gasteiger partial charge in [-0.15, -0.1) is 0 Å². The molecule has 1 atom stereocenters. The van der Waals surface area contributed by atoms with Gasteiger partial charge >= 0.3 is 0 Å². The molecule has 1 aliphatic heterocycles. The van der Waals surface area contributed by atoms with Crippen LogP contribution in [0.4, 0.5) is 0 Å². The van der Waals surface area contributed by atoms with Crippen molar-refractivity contribution in [2.45, 2.75) is 52.1 Å². The van der Waals surface area contributed by atoms with Gasteiger partial charge in [0.15, 0.2) is 0 Å². The lowest BCUT2D eigenvalue weighted by atomic mass is 10.1. The monoisotopic (exact) mass is 219 g/mol. The maximum atomic E-state index is 4.80. The van der Waals surface area contributed by atoms with E-state index in [0.29, 0.717) is 6.04 Å². The van der Waals surface area contributed by atoms with Crippen LogP contribution in [0.5, 0.6) is 0 Å². The van der Waals surface area contributed by atoms with Crippen molar-refractivity contribution in [3.05, 3.63) is 17.2 Å². The Hall–Kier alpha value is -0.830. The Kier molecular flexibility index (Phi) is 2.51. The minimum atomic E-state index is 0.671. The summed E-state index contributed by atoms with van der Waals surface area (Å²) in [6.45, 7) is 6.67. The number of hydrogen-bond donors (Lipinski definition) is 1. The summed E-state index contributed by atoms with van der Waals surface area (Å²) in [5.41, 5.74) is 2.81. The van der Waals surface area contributed by atoms with Gasteiger partial charge in [0, 0.05) is 37.7 Å². The largest absolute Gasteiger partial charge is 0.329 e. The molecule has 1 aromatic rings. The van der Waals surface area contributed by atoms with Crippen LogP contribution >= 0.6 is 0 Å². The summed E-state index contributed by atoms with van der Waals surface area (Å²) in [6.07, 6.45) is 5.04. The first-order chi connectivity index (χ1) is 7.81. The second-order valence-corrected chi connectivity index (χ2v) is 5.15. The van der Waals surface area contributed by atoms with E-state index in [1.165, 1.54) is 30.1 Å². The molecule has 88 valence electrons. The molecule has 1 N–H and O–H groups in total. The first-order valence-electron chi connectivity index (χ1n) is 6.60. The molecule has 0 amide bonds. The van der Waals surface area contributed by atoms with E-state index in [1.807, 2.05) is 0 Å². The van der Waals surface area contributed by atoms with Gasteiger partial charge < -0.3 is 9.88 Å². The molecule has 3 nitrogen and oxygen atoms in total. The average Bonchev–Trinajstić information content (AvgIpc) is 3.08. The summed E-state index contributed by atoms with van der Waals surface area (Å²) in [6, 6.07) is 0.671. The number of rotatable bonds is 3. The molecular formula is C13H21N3. The van der Waals surface area contributed by atoms with Crippen molar-refractivity contribution in [1.29, 1.82) is 0 Å². The third-order valence-corrected chi connectivity index (χ3v) is 4.02. The Bertz CT molecular complexity index is 390. The van der Waals surface area contributed by atoms with Gasteiger partial charge in [-0.1, -0.05) is 6.92 Å². The number of nitrogens with one attached hydrogen (secondary N) is 1. The molecule has 1 aromatic heterocycles. The Balaban J connectivity index is 2.02. The highest BCUT2D eigenvalue weighted by atomic mass is 15.1. The summed E-state index contributed by atoms with van der Waals surface area (Å²) in [5, 5.41) is 3.41. The van der Waals surface area contributed by atoms with Gasteiger partial charge in [-0.05, 0) is 25.7 Å². The molecule has 2 aliphatic rings. The maximum Gasteiger partial charge on any atom is 0.109 e. The predicted octanol–water partition coefficient (Wildman–Crippen LogP) is 2.06. The minimum Gasteiger partial charge on any atom is -0.329 e. The van der Waals surface area contributed by atoms with Crippen LogP contribution in [0.2, 0.25) is 0 Å². The molecule has 0 saturated heterocycles. The van der Waals surface area contributed by atoms with Gasteiger partial charge in [0.1, 0.15) is 5.82 Å². The van der Waals surface area contributed by atoms with Crippen LogP contribution in [0.25, 0.3) is 0 Å². The molecule has 0 bridgehead atoms. The van der Waals surface area contributed by atoms with E-state index >= 15 is 0 Å². The average molecular weight is 219 g/mol. The molecule has 16 heavy (non-hydrogen) atoms. The van der Waals surface area contributed by atoms with Gasteiger partial charge in [-0.25, -0.2) is 4.98 Å². The number of aryl methyl sites for hydroxylation is 1. The van der Waals surface area contributed by atoms with Crippen molar-refractivity contribution in [3.8, 4) is 0 Å². The summed E-state index contributed by atoms with van der Waals surface area (Å²) >= 11 is 0. The van der Waals surface area contributed by atoms with Gasteiger partial charge in [0.2, 0.25) is 0 Å². The molecule has 2 heterocycles. The van der Waals surface area contributed by atoms with Crippen molar-refractivity contribution in [3.63, 3.8) is 0 Å². The topological polar surface area (TPSA) is 29.9 Å². The standard InChI is InChI=1S/C13H21N3/c1-3-13-15-11-8-14-7-6-12(11)16(13)9(2)10-4-5-10/h9-10,14H,3-8H2,1-2H3.